The summed E-state index contributed by atoms with van der Waals surface area (Å²) < 4.78 is 36.6. The number of rotatable bonds is 4. The minimum Gasteiger partial charge on any atom is -0.330 e. The third kappa shape index (κ3) is 3.13. The summed E-state index contributed by atoms with van der Waals surface area (Å²) in [5, 5.41) is 10.7. The molecule has 110 valence electrons. The third-order valence-corrected chi connectivity index (χ3v) is 5.51. The molecule has 1 saturated heterocycles. The van der Waals surface area contributed by atoms with Crippen LogP contribution in [0.4, 0.5) is 10.1 Å². The number of benzene rings is 1. The number of halogens is 1. The lowest BCUT2D eigenvalue weighted by Gasteiger charge is -2.25. The van der Waals surface area contributed by atoms with Gasteiger partial charge < -0.3 is 5.73 Å². The normalized spacial score (nSPS) is 24.7. The van der Waals surface area contributed by atoms with Crippen molar-refractivity contribution in [2.24, 2.45) is 11.1 Å². The van der Waals surface area contributed by atoms with E-state index in [2.05, 4.69) is 0 Å². The van der Waals surface area contributed by atoms with Gasteiger partial charge in [0.1, 0.15) is 5.82 Å². The lowest BCUT2D eigenvalue weighted by Crippen LogP contribution is -2.34. The summed E-state index contributed by atoms with van der Waals surface area (Å²) in [6, 6.07) is 3.30. The summed E-state index contributed by atoms with van der Waals surface area (Å²) in [6.45, 7) is 0.149. The Labute approximate surface area is 115 Å². The lowest BCUT2D eigenvalue weighted by molar-refractivity contribution is -0.385. The number of nitro benzene ring substituents is 1. The molecule has 0 saturated carbocycles. The van der Waals surface area contributed by atoms with E-state index in [1.54, 1.807) is 0 Å². The Morgan fingerprint density at radius 2 is 2.10 bits per heavy atom. The van der Waals surface area contributed by atoms with Crippen LogP contribution in [0, 0.1) is 21.3 Å². The Morgan fingerprint density at radius 3 is 2.60 bits per heavy atom. The van der Waals surface area contributed by atoms with Crippen LogP contribution in [0.5, 0.6) is 0 Å². The smallest absolute Gasteiger partial charge is 0.272 e. The van der Waals surface area contributed by atoms with Gasteiger partial charge in [0.25, 0.3) is 5.69 Å². The molecule has 1 atom stereocenters. The van der Waals surface area contributed by atoms with Crippen molar-refractivity contribution in [1.82, 2.24) is 0 Å². The van der Waals surface area contributed by atoms with Gasteiger partial charge in [0.15, 0.2) is 9.84 Å². The first-order chi connectivity index (χ1) is 9.25. The van der Waals surface area contributed by atoms with E-state index in [4.69, 9.17) is 5.73 Å². The monoisotopic (exact) mass is 302 g/mol. The second-order valence-electron chi connectivity index (χ2n) is 5.30. The number of nitrogens with zero attached hydrogens (tertiary/aromatic N) is 1. The van der Waals surface area contributed by atoms with Crippen molar-refractivity contribution in [2.75, 3.05) is 18.1 Å². The number of non-ortho nitro benzene ring substituents is 1. The van der Waals surface area contributed by atoms with Gasteiger partial charge in [-0.15, -0.1) is 0 Å². The number of hydrogen-bond donors (Lipinski definition) is 1. The van der Waals surface area contributed by atoms with Crippen LogP contribution in [0.1, 0.15) is 12.0 Å². The van der Waals surface area contributed by atoms with Crippen LogP contribution in [0.3, 0.4) is 0 Å². The molecule has 0 spiro atoms. The van der Waals surface area contributed by atoms with E-state index in [0.717, 1.165) is 6.07 Å². The molecular formula is C12H15FN2O4S. The first-order valence-corrected chi connectivity index (χ1v) is 7.92. The summed E-state index contributed by atoms with van der Waals surface area (Å²) in [5.41, 5.74) is 5.09. The Morgan fingerprint density at radius 1 is 1.40 bits per heavy atom. The highest BCUT2D eigenvalue weighted by Crippen LogP contribution is 2.35. The predicted octanol–water partition coefficient (Wildman–Crippen LogP) is 1.04. The Balaban J connectivity index is 2.31. The van der Waals surface area contributed by atoms with Gasteiger partial charge in [0, 0.05) is 11.5 Å². The van der Waals surface area contributed by atoms with E-state index < -0.39 is 26.0 Å². The van der Waals surface area contributed by atoms with E-state index in [1.165, 1.54) is 12.1 Å². The number of nitro groups is 1. The Hall–Kier alpha value is -1.54. The highest BCUT2D eigenvalue weighted by molar-refractivity contribution is 7.91. The molecule has 6 nitrogen and oxygen atoms in total. The molecule has 1 heterocycles. The molecule has 1 unspecified atom stereocenters. The predicted molar refractivity (Wildman–Crippen MR) is 71.5 cm³/mol. The maximum atomic E-state index is 13.4. The van der Waals surface area contributed by atoms with Crippen LogP contribution in [0.25, 0.3) is 0 Å². The molecule has 0 aliphatic carbocycles. The summed E-state index contributed by atoms with van der Waals surface area (Å²) in [5.74, 6) is -0.704. The molecule has 20 heavy (non-hydrogen) atoms. The van der Waals surface area contributed by atoms with Crippen molar-refractivity contribution in [3.8, 4) is 0 Å². The second kappa shape index (κ2) is 5.10. The molecule has 1 aliphatic heterocycles. The fourth-order valence-electron chi connectivity index (χ4n) is 2.63. The van der Waals surface area contributed by atoms with E-state index in [-0.39, 0.29) is 30.2 Å². The highest BCUT2D eigenvalue weighted by Gasteiger charge is 2.41. The van der Waals surface area contributed by atoms with Crippen LogP contribution >= 0.6 is 0 Å². The van der Waals surface area contributed by atoms with Gasteiger partial charge in [-0.3, -0.25) is 10.1 Å². The average Bonchev–Trinajstić information content (AvgIpc) is 2.65. The van der Waals surface area contributed by atoms with Crippen LogP contribution < -0.4 is 5.73 Å². The van der Waals surface area contributed by atoms with Crippen LogP contribution in [0.2, 0.25) is 0 Å². The maximum Gasteiger partial charge on any atom is 0.272 e. The van der Waals surface area contributed by atoms with Crippen molar-refractivity contribution < 1.29 is 17.7 Å². The fourth-order valence-corrected chi connectivity index (χ4v) is 4.81. The van der Waals surface area contributed by atoms with Crippen LogP contribution in [0.15, 0.2) is 18.2 Å². The van der Waals surface area contributed by atoms with Gasteiger partial charge in [-0.25, -0.2) is 12.8 Å². The SMILES string of the molecule is NCC1(Cc2cc(F)cc([N+](=O)[O-])c2)CCS(=O)(=O)C1. The molecule has 1 fully saturated rings. The largest absolute Gasteiger partial charge is 0.330 e. The number of nitrogens with two attached hydrogens (primary N) is 1. The van der Waals surface area contributed by atoms with Crippen molar-refractivity contribution in [2.45, 2.75) is 12.8 Å². The maximum absolute atomic E-state index is 13.4. The molecule has 8 heteroatoms. The lowest BCUT2D eigenvalue weighted by atomic mass is 9.81. The summed E-state index contributed by atoms with van der Waals surface area (Å²) in [4.78, 5) is 10.0. The summed E-state index contributed by atoms with van der Waals surface area (Å²) >= 11 is 0. The number of sulfone groups is 1. The molecule has 1 aliphatic rings. The standard InChI is InChI=1S/C12H15FN2O4S/c13-10-3-9(4-11(5-10)15(16)17)6-12(7-14)1-2-20(18,19)8-12/h3-5H,1-2,6-8,14H2. The van der Waals surface area contributed by atoms with Gasteiger partial charge in [-0.1, -0.05) is 0 Å². The number of hydrogen-bond acceptors (Lipinski definition) is 5. The fraction of sp³-hybridized carbons (Fsp3) is 0.500. The average molecular weight is 302 g/mol. The van der Waals surface area contributed by atoms with Gasteiger partial charge >= 0.3 is 0 Å². The highest BCUT2D eigenvalue weighted by atomic mass is 32.2. The Bertz CT molecular complexity index is 647. The van der Waals surface area contributed by atoms with E-state index >= 15 is 0 Å². The minimum atomic E-state index is -3.13. The topological polar surface area (TPSA) is 103 Å². The second-order valence-corrected chi connectivity index (χ2v) is 7.48. The molecule has 0 radical (unpaired) electrons. The molecule has 1 aromatic rings. The zero-order valence-electron chi connectivity index (χ0n) is 10.7. The molecule has 2 N–H and O–H groups in total. The van der Waals surface area contributed by atoms with Gasteiger partial charge in [0.2, 0.25) is 0 Å². The van der Waals surface area contributed by atoms with Crippen LogP contribution in [-0.2, 0) is 16.3 Å². The van der Waals surface area contributed by atoms with Crippen molar-refractivity contribution in [1.29, 1.82) is 0 Å². The zero-order chi connectivity index (χ0) is 15.0. The quantitative estimate of drug-likeness (QED) is 0.661. The van der Waals surface area contributed by atoms with Gasteiger partial charge in [0.05, 0.1) is 22.5 Å². The first-order valence-electron chi connectivity index (χ1n) is 6.10. The van der Waals surface area contributed by atoms with E-state index in [0.29, 0.717) is 12.0 Å². The van der Waals surface area contributed by atoms with Crippen molar-refractivity contribution in [3.05, 3.63) is 39.7 Å². The minimum absolute atomic E-state index is 0.0548. The van der Waals surface area contributed by atoms with E-state index in [9.17, 15) is 22.9 Å². The summed E-state index contributed by atoms with van der Waals surface area (Å²) in [6.07, 6.45) is 0.622. The van der Waals surface area contributed by atoms with Crippen LogP contribution in [-0.4, -0.2) is 31.4 Å². The summed E-state index contributed by atoms with van der Waals surface area (Å²) in [7, 11) is -3.13. The van der Waals surface area contributed by atoms with Crippen molar-refractivity contribution >= 4 is 15.5 Å². The third-order valence-electron chi connectivity index (χ3n) is 3.63. The molecule has 0 aromatic heterocycles. The molecule has 0 amide bonds. The molecular weight excluding hydrogens is 287 g/mol. The molecule has 0 bridgehead atoms. The zero-order valence-corrected chi connectivity index (χ0v) is 11.5. The van der Waals surface area contributed by atoms with Crippen molar-refractivity contribution in [3.63, 3.8) is 0 Å². The van der Waals surface area contributed by atoms with E-state index in [1.807, 2.05) is 0 Å². The first kappa shape index (κ1) is 14.9. The Kier molecular flexibility index (Phi) is 3.79. The molecule has 2 rings (SSSR count). The van der Waals surface area contributed by atoms with Gasteiger partial charge in [-0.2, -0.15) is 0 Å². The molecule has 1 aromatic carbocycles. The van der Waals surface area contributed by atoms with Gasteiger partial charge in [-0.05, 0) is 31.0 Å².